The summed E-state index contributed by atoms with van der Waals surface area (Å²) in [6, 6.07) is 19.2. The van der Waals surface area contributed by atoms with Crippen LogP contribution < -0.4 is 10.2 Å². The number of rotatable bonds is 10. The third-order valence-corrected chi connectivity index (χ3v) is 7.10. The summed E-state index contributed by atoms with van der Waals surface area (Å²) in [4.78, 5) is 39.8. The van der Waals surface area contributed by atoms with Crippen molar-refractivity contribution in [3.8, 4) is 0 Å². The van der Waals surface area contributed by atoms with Crippen LogP contribution in [0.3, 0.4) is 0 Å². The monoisotopic (exact) mass is 575 g/mol. The minimum absolute atomic E-state index is 0.0163. The molecule has 0 aliphatic rings. The van der Waals surface area contributed by atoms with Crippen molar-refractivity contribution in [3.05, 3.63) is 113 Å². The van der Waals surface area contributed by atoms with E-state index < -0.39 is 23.6 Å². The highest BCUT2D eigenvalue weighted by atomic mass is 32.2. The zero-order valence-corrected chi connectivity index (χ0v) is 24.1. The van der Waals surface area contributed by atoms with Crippen LogP contribution in [0.2, 0.25) is 0 Å². The third-order valence-electron chi connectivity index (χ3n) is 6.27. The molecule has 212 valence electrons. The van der Waals surface area contributed by atoms with E-state index in [9.17, 15) is 18.4 Å². The van der Waals surface area contributed by atoms with Crippen LogP contribution in [0.4, 0.5) is 20.2 Å². The largest absolute Gasteiger partial charge is 0.378 e. The van der Waals surface area contributed by atoms with Crippen LogP contribution in [0.15, 0.2) is 84.0 Å². The van der Waals surface area contributed by atoms with Crippen LogP contribution in [0.5, 0.6) is 0 Å². The molecule has 2 amide bonds. The third kappa shape index (κ3) is 8.11. The Morgan fingerprint density at radius 1 is 0.854 bits per heavy atom. The summed E-state index contributed by atoms with van der Waals surface area (Å²) >= 11 is 1.16. The molecule has 0 radical (unpaired) electrons. The molecule has 0 saturated heterocycles. The van der Waals surface area contributed by atoms with Gasteiger partial charge in [-0.3, -0.25) is 9.59 Å². The lowest BCUT2D eigenvalue weighted by atomic mass is 10.0. The first-order valence-corrected chi connectivity index (χ1v) is 13.9. The maximum atomic E-state index is 13.9. The highest BCUT2D eigenvalue weighted by Gasteiger charge is 2.32. The number of aryl methyl sites for hydroxylation is 2. The predicted octanol–water partition coefficient (Wildman–Crippen LogP) is 5.94. The number of hydrogen-bond donors (Lipinski definition) is 1. The van der Waals surface area contributed by atoms with Gasteiger partial charge in [-0.2, -0.15) is 0 Å². The second kappa shape index (κ2) is 13.4. The number of thioether (sulfide) groups is 1. The van der Waals surface area contributed by atoms with E-state index in [1.807, 2.05) is 51.0 Å². The second-order valence-electron chi connectivity index (χ2n) is 9.75. The number of nitrogens with one attached hydrogen (secondary N) is 1. The van der Waals surface area contributed by atoms with Gasteiger partial charge in [0.15, 0.2) is 5.16 Å². The first-order chi connectivity index (χ1) is 19.6. The van der Waals surface area contributed by atoms with Gasteiger partial charge in [-0.05, 0) is 79.6 Å². The van der Waals surface area contributed by atoms with Crippen molar-refractivity contribution in [1.82, 2.24) is 14.9 Å². The molecule has 1 aromatic heterocycles. The molecule has 7 nitrogen and oxygen atoms in total. The van der Waals surface area contributed by atoms with E-state index in [1.165, 1.54) is 41.3 Å². The molecule has 1 heterocycles. The molecule has 0 aliphatic carbocycles. The maximum absolute atomic E-state index is 13.9. The Kier molecular flexibility index (Phi) is 9.67. The molecule has 3 aromatic carbocycles. The first kappa shape index (κ1) is 29.7. The van der Waals surface area contributed by atoms with E-state index in [1.54, 1.807) is 24.3 Å². The van der Waals surface area contributed by atoms with Gasteiger partial charge in [0, 0.05) is 43.4 Å². The standard InChI is InChI=1S/C31H31F2N5O2S/c1-20-17-21(2)35-31(34-20)41-19-28(39)38(18-22-5-9-24(32)10-6-22)29(23-7-11-25(33)12-8-23)30(40)36-26-13-15-27(16-14-26)37(3)4/h5-17,29H,18-19H2,1-4H3,(H,36,40)/t29-/m0/s1. The van der Waals surface area contributed by atoms with Crippen LogP contribution >= 0.6 is 11.8 Å². The molecule has 0 bridgehead atoms. The number of hydrogen-bond acceptors (Lipinski definition) is 6. The lowest BCUT2D eigenvalue weighted by Gasteiger charge is -2.31. The summed E-state index contributed by atoms with van der Waals surface area (Å²) in [6.45, 7) is 3.71. The fourth-order valence-electron chi connectivity index (χ4n) is 4.25. The number of amides is 2. The van der Waals surface area contributed by atoms with Gasteiger partial charge >= 0.3 is 0 Å². The molecule has 41 heavy (non-hydrogen) atoms. The molecular weight excluding hydrogens is 544 g/mol. The van der Waals surface area contributed by atoms with Crippen LogP contribution in [-0.4, -0.2) is 46.5 Å². The van der Waals surface area contributed by atoms with Crippen molar-refractivity contribution < 1.29 is 18.4 Å². The van der Waals surface area contributed by atoms with E-state index in [0.29, 0.717) is 22.0 Å². The van der Waals surface area contributed by atoms with Crippen molar-refractivity contribution >= 4 is 35.0 Å². The Bertz CT molecular complexity index is 1480. The van der Waals surface area contributed by atoms with Gasteiger partial charge in [-0.25, -0.2) is 18.7 Å². The van der Waals surface area contributed by atoms with E-state index in [4.69, 9.17) is 0 Å². The molecule has 0 saturated carbocycles. The zero-order valence-electron chi connectivity index (χ0n) is 23.3. The fourth-order valence-corrected chi connectivity index (χ4v) is 5.08. The summed E-state index contributed by atoms with van der Waals surface area (Å²) in [5.41, 5.74) is 4.11. The second-order valence-corrected chi connectivity index (χ2v) is 10.7. The number of halogens is 2. The van der Waals surface area contributed by atoms with Crippen LogP contribution in [-0.2, 0) is 16.1 Å². The molecule has 0 aliphatic heterocycles. The van der Waals surface area contributed by atoms with Crippen LogP contribution in [0, 0.1) is 25.5 Å². The highest BCUT2D eigenvalue weighted by molar-refractivity contribution is 7.99. The number of carbonyl (C=O) groups is 2. The Balaban J connectivity index is 1.69. The summed E-state index contributed by atoms with van der Waals surface area (Å²) in [5.74, 6) is -1.77. The SMILES string of the molecule is Cc1cc(C)nc(SCC(=O)N(Cc2ccc(F)cc2)[C@H](C(=O)Nc2ccc(N(C)C)cc2)c2ccc(F)cc2)n1. The summed E-state index contributed by atoms with van der Waals surface area (Å²) in [7, 11) is 3.83. The van der Waals surface area contributed by atoms with E-state index in [2.05, 4.69) is 15.3 Å². The van der Waals surface area contributed by atoms with Gasteiger partial charge in [-0.1, -0.05) is 36.0 Å². The average molecular weight is 576 g/mol. The lowest BCUT2D eigenvalue weighted by molar-refractivity contribution is -0.137. The van der Waals surface area contributed by atoms with Gasteiger partial charge in [-0.15, -0.1) is 0 Å². The predicted molar refractivity (Wildman–Crippen MR) is 158 cm³/mol. The molecular formula is C31H31F2N5O2S. The minimum atomic E-state index is -1.11. The lowest BCUT2D eigenvalue weighted by Crippen LogP contribution is -2.41. The Hall–Kier alpha value is -4.31. The molecule has 4 rings (SSSR count). The highest BCUT2D eigenvalue weighted by Crippen LogP contribution is 2.28. The van der Waals surface area contributed by atoms with E-state index in [-0.39, 0.29) is 18.2 Å². The minimum Gasteiger partial charge on any atom is -0.378 e. The molecule has 4 aromatic rings. The molecule has 0 fully saturated rings. The quantitative estimate of drug-likeness (QED) is 0.186. The molecule has 1 N–H and O–H groups in total. The summed E-state index contributed by atoms with van der Waals surface area (Å²) in [6.07, 6.45) is 0. The van der Waals surface area contributed by atoms with Gasteiger partial charge < -0.3 is 15.1 Å². The van der Waals surface area contributed by atoms with Crippen LogP contribution in [0.25, 0.3) is 0 Å². The zero-order chi connectivity index (χ0) is 29.5. The van der Waals surface area contributed by atoms with Crippen LogP contribution in [0.1, 0.15) is 28.6 Å². The van der Waals surface area contributed by atoms with Crippen molar-refractivity contribution in [2.45, 2.75) is 31.6 Å². The molecule has 10 heteroatoms. The van der Waals surface area contributed by atoms with E-state index >= 15 is 0 Å². The van der Waals surface area contributed by atoms with Crippen molar-refractivity contribution in [2.75, 3.05) is 30.1 Å². The number of nitrogens with zero attached hydrogens (tertiary/aromatic N) is 4. The Labute approximate surface area is 242 Å². The van der Waals surface area contributed by atoms with Crippen molar-refractivity contribution in [3.63, 3.8) is 0 Å². The Morgan fingerprint density at radius 2 is 1.41 bits per heavy atom. The Morgan fingerprint density at radius 3 is 1.98 bits per heavy atom. The fraction of sp³-hybridized carbons (Fsp3) is 0.226. The van der Waals surface area contributed by atoms with Gasteiger partial charge in [0.05, 0.1) is 5.75 Å². The number of carbonyl (C=O) groups excluding carboxylic acids is 2. The van der Waals surface area contributed by atoms with E-state index in [0.717, 1.165) is 28.8 Å². The molecule has 0 spiro atoms. The smallest absolute Gasteiger partial charge is 0.251 e. The molecule has 1 atom stereocenters. The summed E-state index contributed by atoms with van der Waals surface area (Å²) in [5, 5.41) is 3.35. The number of benzene rings is 3. The number of anilines is 2. The van der Waals surface area contributed by atoms with Crippen molar-refractivity contribution in [2.24, 2.45) is 0 Å². The molecule has 0 unspecified atom stereocenters. The summed E-state index contributed by atoms with van der Waals surface area (Å²) < 4.78 is 27.5. The van der Waals surface area contributed by atoms with Gasteiger partial charge in [0.2, 0.25) is 5.91 Å². The van der Waals surface area contributed by atoms with Gasteiger partial charge in [0.1, 0.15) is 17.7 Å². The van der Waals surface area contributed by atoms with Crippen molar-refractivity contribution in [1.29, 1.82) is 0 Å². The average Bonchev–Trinajstić information content (AvgIpc) is 2.93. The topological polar surface area (TPSA) is 78.4 Å². The maximum Gasteiger partial charge on any atom is 0.251 e. The number of aromatic nitrogens is 2. The first-order valence-electron chi connectivity index (χ1n) is 12.9. The normalized spacial score (nSPS) is 11.6. The van der Waals surface area contributed by atoms with Gasteiger partial charge in [0.25, 0.3) is 5.91 Å².